The molecular formula is C17H22ClN5O4S. The molecule has 3 rings (SSSR count). The highest BCUT2D eigenvalue weighted by molar-refractivity contribution is 7.87. The van der Waals surface area contributed by atoms with Gasteiger partial charge >= 0.3 is 0 Å². The Labute approximate surface area is 168 Å². The summed E-state index contributed by atoms with van der Waals surface area (Å²) in [6.45, 7) is 1.85. The van der Waals surface area contributed by atoms with Crippen molar-refractivity contribution in [3.8, 4) is 5.75 Å². The molecule has 1 aliphatic rings. The van der Waals surface area contributed by atoms with Crippen molar-refractivity contribution in [2.24, 2.45) is 7.05 Å². The van der Waals surface area contributed by atoms with E-state index in [1.54, 1.807) is 36.1 Å². The summed E-state index contributed by atoms with van der Waals surface area (Å²) in [7, 11) is 0.770. The van der Waals surface area contributed by atoms with Gasteiger partial charge in [0.2, 0.25) is 5.91 Å². The van der Waals surface area contributed by atoms with Crippen molar-refractivity contribution in [1.82, 2.24) is 18.8 Å². The van der Waals surface area contributed by atoms with Crippen LogP contribution in [0, 0.1) is 6.92 Å². The number of nitrogens with one attached hydrogen (secondary N) is 2. The number of halogens is 1. The first kappa shape index (κ1) is 20.6. The molecule has 1 amide bonds. The van der Waals surface area contributed by atoms with E-state index in [-0.39, 0.29) is 6.42 Å². The molecule has 1 saturated heterocycles. The van der Waals surface area contributed by atoms with Crippen molar-refractivity contribution in [3.63, 3.8) is 0 Å². The standard InChI is InChI=1S/C17H22ClN5O4S/c1-10-12(9-19-22(10)2)13-8-15(23(3)28(25,26)21-13)17(24)20-14-7-11(18)5-6-16(14)27-4/h5-7,9,13,15,21H,8H2,1-4H3,(H,20,24). The summed E-state index contributed by atoms with van der Waals surface area (Å²) in [4.78, 5) is 12.9. The third-order valence-electron chi connectivity index (χ3n) is 4.94. The van der Waals surface area contributed by atoms with Crippen LogP contribution in [-0.4, -0.2) is 48.6 Å². The number of hydrogen-bond donors (Lipinski definition) is 2. The van der Waals surface area contributed by atoms with Crippen molar-refractivity contribution >= 4 is 33.4 Å². The molecule has 1 aromatic heterocycles. The zero-order valence-electron chi connectivity index (χ0n) is 15.9. The lowest BCUT2D eigenvalue weighted by atomic mass is 10.00. The predicted octanol–water partition coefficient (Wildman–Crippen LogP) is 1.61. The second-order valence-corrected chi connectivity index (χ2v) is 8.78. The number of ether oxygens (including phenoxy) is 1. The molecule has 152 valence electrons. The lowest BCUT2D eigenvalue weighted by Crippen LogP contribution is -2.56. The molecular weight excluding hydrogens is 406 g/mol. The largest absolute Gasteiger partial charge is 0.495 e. The van der Waals surface area contributed by atoms with Gasteiger partial charge in [0.15, 0.2) is 0 Å². The summed E-state index contributed by atoms with van der Waals surface area (Å²) < 4.78 is 35.7. The van der Waals surface area contributed by atoms with Gasteiger partial charge in [-0.05, 0) is 31.5 Å². The molecule has 2 unspecified atom stereocenters. The number of aryl methyl sites for hydroxylation is 1. The van der Waals surface area contributed by atoms with Gasteiger partial charge in [-0.3, -0.25) is 9.48 Å². The van der Waals surface area contributed by atoms with E-state index >= 15 is 0 Å². The first-order valence-electron chi connectivity index (χ1n) is 8.52. The van der Waals surface area contributed by atoms with Gasteiger partial charge in [-0.2, -0.15) is 22.5 Å². The summed E-state index contributed by atoms with van der Waals surface area (Å²) in [6, 6.07) is 3.34. The van der Waals surface area contributed by atoms with Gasteiger partial charge in [0.05, 0.1) is 25.0 Å². The maximum absolute atomic E-state index is 12.9. The average Bonchev–Trinajstić information content (AvgIpc) is 2.96. The molecule has 0 saturated carbocycles. The molecule has 1 fully saturated rings. The smallest absolute Gasteiger partial charge is 0.280 e. The number of carbonyl (C=O) groups excluding carboxylic acids is 1. The van der Waals surface area contributed by atoms with E-state index in [4.69, 9.17) is 16.3 Å². The average molecular weight is 428 g/mol. The van der Waals surface area contributed by atoms with Crippen molar-refractivity contribution in [1.29, 1.82) is 0 Å². The highest BCUT2D eigenvalue weighted by Crippen LogP contribution is 2.32. The minimum atomic E-state index is -3.85. The number of likely N-dealkylation sites (N-methyl/N-ethyl adjacent to an activating group) is 1. The molecule has 1 aliphatic heterocycles. The van der Waals surface area contributed by atoms with Crippen molar-refractivity contribution < 1.29 is 17.9 Å². The second kappa shape index (κ2) is 7.70. The third kappa shape index (κ3) is 3.86. The van der Waals surface area contributed by atoms with E-state index in [1.807, 2.05) is 6.92 Å². The molecule has 9 nitrogen and oxygen atoms in total. The molecule has 0 bridgehead atoms. The molecule has 0 radical (unpaired) electrons. The van der Waals surface area contributed by atoms with Crippen LogP contribution in [0.2, 0.25) is 5.02 Å². The van der Waals surface area contributed by atoms with Crippen LogP contribution in [0.25, 0.3) is 0 Å². The minimum absolute atomic E-state index is 0.247. The number of anilines is 1. The van der Waals surface area contributed by atoms with Gasteiger partial charge in [-0.15, -0.1) is 0 Å². The van der Waals surface area contributed by atoms with Gasteiger partial charge in [0, 0.05) is 30.4 Å². The van der Waals surface area contributed by atoms with E-state index in [2.05, 4.69) is 15.1 Å². The maximum Gasteiger partial charge on any atom is 0.280 e. The summed E-state index contributed by atoms with van der Waals surface area (Å²) in [5.41, 5.74) is 1.93. The Hall–Kier alpha value is -2.14. The number of benzene rings is 1. The molecule has 0 aliphatic carbocycles. The van der Waals surface area contributed by atoms with Crippen molar-refractivity contribution in [2.45, 2.75) is 25.4 Å². The van der Waals surface area contributed by atoms with E-state index in [1.165, 1.54) is 14.2 Å². The fourth-order valence-electron chi connectivity index (χ4n) is 3.16. The quantitative estimate of drug-likeness (QED) is 0.771. The molecule has 2 atom stereocenters. The predicted molar refractivity (Wildman–Crippen MR) is 106 cm³/mol. The van der Waals surface area contributed by atoms with Crippen LogP contribution < -0.4 is 14.8 Å². The molecule has 2 heterocycles. The van der Waals surface area contributed by atoms with Crippen LogP contribution in [0.3, 0.4) is 0 Å². The van der Waals surface area contributed by atoms with Gasteiger partial charge in [-0.25, -0.2) is 0 Å². The van der Waals surface area contributed by atoms with Crippen LogP contribution in [0.1, 0.15) is 23.7 Å². The van der Waals surface area contributed by atoms with E-state index in [9.17, 15) is 13.2 Å². The minimum Gasteiger partial charge on any atom is -0.495 e. The fourth-order valence-corrected chi connectivity index (χ4v) is 4.60. The first-order chi connectivity index (χ1) is 13.1. The molecule has 2 N–H and O–H groups in total. The molecule has 28 heavy (non-hydrogen) atoms. The first-order valence-corrected chi connectivity index (χ1v) is 10.3. The number of nitrogens with zero attached hydrogens (tertiary/aromatic N) is 3. The van der Waals surface area contributed by atoms with Gasteiger partial charge in [-0.1, -0.05) is 11.6 Å². The van der Waals surface area contributed by atoms with Gasteiger partial charge in [0.1, 0.15) is 11.8 Å². The second-order valence-electron chi connectivity index (χ2n) is 6.59. The third-order valence-corrected chi connectivity index (χ3v) is 6.77. The summed E-state index contributed by atoms with van der Waals surface area (Å²) in [6.07, 6.45) is 1.86. The Kier molecular flexibility index (Phi) is 5.67. The highest BCUT2D eigenvalue weighted by Gasteiger charge is 2.41. The number of methoxy groups -OCH3 is 1. The fraction of sp³-hybridized carbons (Fsp3) is 0.412. The molecule has 11 heteroatoms. The Morgan fingerprint density at radius 2 is 2.11 bits per heavy atom. The van der Waals surface area contributed by atoms with Crippen molar-refractivity contribution in [2.75, 3.05) is 19.5 Å². The van der Waals surface area contributed by atoms with Crippen LogP contribution in [0.4, 0.5) is 5.69 Å². The van der Waals surface area contributed by atoms with Crippen molar-refractivity contribution in [3.05, 3.63) is 40.7 Å². The highest BCUT2D eigenvalue weighted by atomic mass is 35.5. The zero-order valence-corrected chi connectivity index (χ0v) is 17.5. The van der Waals surface area contributed by atoms with Crippen LogP contribution in [-0.2, 0) is 22.1 Å². The summed E-state index contributed by atoms with van der Waals surface area (Å²) in [5, 5.41) is 7.32. The van der Waals surface area contributed by atoms with Crippen LogP contribution in [0.15, 0.2) is 24.4 Å². The topological polar surface area (TPSA) is 106 Å². The number of rotatable bonds is 4. The Balaban J connectivity index is 1.90. The van der Waals surface area contributed by atoms with Gasteiger partial charge in [0.25, 0.3) is 10.2 Å². The molecule has 0 spiro atoms. The number of amides is 1. The zero-order chi connectivity index (χ0) is 20.6. The van der Waals surface area contributed by atoms with E-state index in [0.717, 1.165) is 15.6 Å². The maximum atomic E-state index is 12.9. The number of hydrogen-bond acceptors (Lipinski definition) is 5. The Bertz CT molecular complexity index is 1010. The lowest BCUT2D eigenvalue weighted by Gasteiger charge is -2.36. The molecule has 2 aromatic rings. The van der Waals surface area contributed by atoms with E-state index < -0.39 is 28.2 Å². The molecule has 1 aromatic carbocycles. The number of carbonyl (C=O) groups is 1. The summed E-state index contributed by atoms with van der Waals surface area (Å²) in [5.74, 6) is -0.0449. The Morgan fingerprint density at radius 1 is 1.39 bits per heavy atom. The van der Waals surface area contributed by atoms with Gasteiger partial charge < -0.3 is 10.1 Å². The SMILES string of the molecule is COc1ccc(Cl)cc1NC(=O)C1CC(c2cnn(C)c2C)NS(=O)(=O)N1C. The van der Waals surface area contributed by atoms with Crippen LogP contribution >= 0.6 is 11.6 Å². The summed E-state index contributed by atoms with van der Waals surface area (Å²) >= 11 is 6.01. The normalized spacial score (nSPS) is 22.0. The van der Waals surface area contributed by atoms with E-state index in [0.29, 0.717) is 16.5 Å². The monoisotopic (exact) mass is 427 g/mol. The number of aromatic nitrogens is 2. The van der Waals surface area contributed by atoms with Crippen LogP contribution in [0.5, 0.6) is 5.75 Å². The Morgan fingerprint density at radius 3 is 2.71 bits per heavy atom. The lowest BCUT2D eigenvalue weighted by molar-refractivity contribution is -0.120.